The summed E-state index contributed by atoms with van der Waals surface area (Å²) in [6.07, 6.45) is 1.24. The van der Waals surface area contributed by atoms with Crippen LogP contribution in [0.4, 0.5) is 0 Å². The van der Waals surface area contributed by atoms with Crippen molar-refractivity contribution in [2.75, 3.05) is 13.2 Å². The van der Waals surface area contributed by atoms with Crippen LogP contribution >= 0.6 is 0 Å². The predicted octanol–water partition coefficient (Wildman–Crippen LogP) is 2.15. The van der Waals surface area contributed by atoms with Crippen LogP contribution < -0.4 is 0 Å². The first kappa shape index (κ1) is 16.5. The maximum absolute atomic E-state index is 12.2. The van der Waals surface area contributed by atoms with Gasteiger partial charge in [-0.3, -0.25) is 14.5 Å². The molecule has 1 aromatic rings. The summed E-state index contributed by atoms with van der Waals surface area (Å²) in [6.45, 7) is 4.80. The van der Waals surface area contributed by atoms with Crippen LogP contribution in [0.2, 0.25) is 0 Å². The number of benzene rings is 1. The number of hydrogen-bond donors (Lipinski definition) is 0. The number of esters is 2. The average molecular weight is 305 g/mol. The second-order valence-electron chi connectivity index (χ2n) is 5.27. The summed E-state index contributed by atoms with van der Waals surface area (Å²) in [4.78, 5) is 26.2. The summed E-state index contributed by atoms with van der Waals surface area (Å²) < 4.78 is 10.3. The zero-order valence-corrected chi connectivity index (χ0v) is 13.2. The molecule has 120 valence electrons. The van der Waals surface area contributed by atoms with E-state index in [0.29, 0.717) is 32.6 Å². The molecule has 2 atom stereocenters. The predicted molar refractivity (Wildman–Crippen MR) is 82.1 cm³/mol. The molecule has 5 heteroatoms. The summed E-state index contributed by atoms with van der Waals surface area (Å²) in [5, 5.41) is 0. The fourth-order valence-electron chi connectivity index (χ4n) is 2.86. The van der Waals surface area contributed by atoms with Crippen molar-refractivity contribution in [3.05, 3.63) is 35.9 Å². The summed E-state index contributed by atoms with van der Waals surface area (Å²) >= 11 is 0. The number of rotatable bonds is 6. The van der Waals surface area contributed by atoms with Crippen LogP contribution in [0, 0.1) is 0 Å². The van der Waals surface area contributed by atoms with Crippen molar-refractivity contribution in [2.24, 2.45) is 0 Å². The number of hydrogen-bond acceptors (Lipinski definition) is 5. The van der Waals surface area contributed by atoms with Crippen LogP contribution in [0.5, 0.6) is 0 Å². The monoisotopic (exact) mass is 305 g/mol. The lowest BCUT2D eigenvalue weighted by Crippen LogP contribution is -2.44. The van der Waals surface area contributed by atoms with Gasteiger partial charge >= 0.3 is 11.9 Å². The second kappa shape index (κ2) is 7.94. The molecule has 0 bridgehead atoms. The van der Waals surface area contributed by atoms with Crippen molar-refractivity contribution in [3.8, 4) is 0 Å². The molecule has 0 spiro atoms. The van der Waals surface area contributed by atoms with Gasteiger partial charge in [0.15, 0.2) is 0 Å². The van der Waals surface area contributed by atoms with Gasteiger partial charge in [0.2, 0.25) is 0 Å². The molecule has 0 radical (unpaired) electrons. The number of carbonyl (C=O) groups excluding carboxylic acids is 2. The fourth-order valence-corrected chi connectivity index (χ4v) is 2.86. The van der Waals surface area contributed by atoms with Gasteiger partial charge in [0.1, 0.15) is 12.1 Å². The minimum Gasteiger partial charge on any atom is -0.465 e. The van der Waals surface area contributed by atoms with Gasteiger partial charge in [-0.15, -0.1) is 0 Å². The quantitative estimate of drug-likeness (QED) is 0.754. The highest BCUT2D eigenvalue weighted by atomic mass is 16.5. The second-order valence-corrected chi connectivity index (χ2v) is 5.27. The van der Waals surface area contributed by atoms with E-state index in [2.05, 4.69) is 0 Å². The molecular formula is C17H23NO4. The van der Waals surface area contributed by atoms with E-state index < -0.39 is 0 Å². The van der Waals surface area contributed by atoms with Crippen molar-refractivity contribution in [3.63, 3.8) is 0 Å². The summed E-state index contributed by atoms with van der Waals surface area (Å²) in [6, 6.07) is 9.06. The minimum atomic E-state index is -0.380. The molecular weight excluding hydrogens is 282 g/mol. The first-order valence-corrected chi connectivity index (χ1v) is 7.80. The Balaban J connectivity index is 2.17. The number of likely N-dealkylation sites (tertiary alicyclic amines) is 1. The summed E-state index contributed by atoms with van der Waals surface area (Å²) in [7, 11) is 0. The minimum absolute atomic E-state index is 0.259. The number of nitrogens with zero attached hydrogens (tertiary/aromatic N) is 1. The Morgan fingerprint density at radius 1 is 1.00 bits per heavy atom. The van der Waals surface area contributed by atoms with Gasteiger partial charge in [-0.2, -0.15) is 0 Å². The Kier molecular flexibility index (Phi) is 5.95. The first-order chi connectivity index (χ1) is 10.7. The van der Waals surface area contributed by atoms with E-state index in [0.717, 1.165) is 5.56 Å². The normalized spacial score (nSPS) is 21.5. The van der Waals surface area contributed by atoms with Gasteiger partial charge in [-0.25, -0.2) is 0 Å². The molecule has 1 saturated heterocycles. The Morgan fingerprint density at radius 3 is 1.95 bits per heavy atom. The van der Waals surface area contributed by atoms with Crippen molar-refractivity contribution in [2.45, 2.75) is 45.3 Å². The Hall–Kier alpha value is -1.88. The van der Waals surface area contributed by atoms with Gasteiger partial charge in [0, 0.05) is 6.54 Å². The molecule has 1 aliphatic heterocycles. The maximum Gasteiger partial charge on any atom is 0.323 e. The Bertz CT molecular complexity index is 477. The molecule has 5 nitrogen and oxygen atoms in total. The van der Waals surface area contributed by atoms with Crippen LogP contribution in [-0.4, -0.2) is 42.1 Å². The van der Waals surface area contributed by atoms with E-state index in [4.69, 9.17) is 9.47 Å². The average Bonchev–Trinajstić information content (AvgIpc) is 2.92. The third-order valence-electron chi connectivity index (χ3n) is 3.84. The van der Waals surface area contributed by atoms with Gasteiger partial charge in [-0.05, 0) is 32.3 Å². The summed E-state index contributed by atoms with van der Waals surface area (Å²) in [5.41, 5.74) is 1.06. The molecule has 2 rings (SSSR count). The zero-order chi connectivity index (χ0) is 15.9. The van der Waals surface area contributed by atoms with E-state index in [9.17, 15) is 9.59 Å². The maximum atomic E-state index is 12.2. The molecule has 1 heterocycles. The van der Waals surface area contributed by atoms with Crippen molar-refractivity contribution in [1.82, 2.24) is 4.90 Å². The topological polar surface area (TPSA) is 55.8 Å². The van der Waals surface area contributed by atoms with Gasteiger partial charge < -0.3 is 9.47 Å². The van der Waals surface area contributed by atoms with Gasteiger partial charge in [-0.1, -0.05) is 30.3 Å². The standard InChI is InChI=1S/C17H23NO4/c1-3-21-16(19)14-10-11-15(17(20)22-4-2)18(14)12-13-8-6-5-7-9-13/h5-9,14-15H,3-4,10-12H2,1-2H3/t14-,15?/m0/s1. The van der Waals surface area contributed by atoms with E-state index in [1.54, 1.807) is 13.8 Å². The van der Waals surface area contributed by atoms with E-state index >= 15 is 0 Å². The van der Waals surface area contributed by atoms with Crippen LogP contribution in [0.1, 0.15) is 32.3 Å². The van der Waals surface area contributed by atoms with Crippen molar-refractivity contribution in [1.29, 1.82) is 0 Å². The van der Waals surface area contributed by atoms with E-state index in [-0.39, 0.29) is 24.0 Å². The van der Waals surface area contributed by atoms with Crippen LogP contribution in [0.25, 0.3) is 0 Å². The summed E-state index contributed by atoms with van der Waals surface area (Å²) in [5.74, 6) is -0.518. The third kappa shape index (κ3) is 3.85. The highest BCUT2D eigenvalue weighted by Crippen LogP contribution is 2.28. The van der Waals surface area contributed by atoms with E-state index in [1.807, 2.05) is 35.2 Å². The Labute approximate surface area is 131 Å². The third-order valence-corrected chi connectivity index (χ3v) is 3.84. The van der Waals surface area contributed by atoms with Gasteiger partial charge in [0.05, 0.1) is 13.2 Å². The molecule has 0 amide bonds. The molecule has 1 unspecified atom stereocenters. The Morgan fingerprint density at radius 2 is 1.50 bits per heavy atom. The van der Waals surface area contributed by atoms with Crippen LogP contribution in [0.3, 0.4) is 0 Å². The molecule has 22 heavy (non-hydrogen) atoms. The smallest absolute Gasteiger partial charge is 0.323 e. The van der Waals surface area contributed by atoms with Crippen LogP contribution in [0.15, 0.2) is 30.3 Å². The SMILES string of the molecule is CCOC(=O)C1CC[C@@H](C(=O)OCC)N1Cc1ccccc1. The molecule has 0 saturated carbocycles. The molecule has 0 N–H and O–H groups in total. The largest absolute Gasteiger partial charge is 0.465 e. The number of carbonyl (C=O) groups is 2. The van der Waals surface area contributed by atoms with Gasteiger partial charge in [0.25, 0.3) is 0 Å². The fraction of sp³-hybridized carbons (Fsp3) is 0.529. The highest BCUT2D eigenvalue weighted by Gasteiger charge is 2.42. The lowest BCUT2D eigenvalue weighted by atomic mass is 10.2. The molecule has 1 aromatic carbocycles. The molecule has 0 aromatic heterocycles. The zero-order valence-electron chi connectivity index (χ0n) is 13.2. The molecule has 1 aliphatic rings. The van der Waals surface area contributed by atoms with E-state index in [1.165, 1.54) is 0 Å². The lowest BCUT2D eigenvalue weighted by Gasteiger charge is -2.27. The molecule has 1 fully saturated rings. The van der Waals surface area contributed by atoms with Crippen molar-refractivity contribution >= 4 is 11.9 Å². The van der Waals surface area contributed by atoms with Crippen LogP contribution in [-0.2, 0) is 25.6 Å². The number of ether oxygens (including phenoxy) is 2. The highest BCUT2D eigenvalue weighted by molar-refractivity contribution is 5.81. The lowest BCUT2D eigenvalue weighted by molar-refractivity contribution is -0.153. The first-order valence-electron chi connectivity index (χ1n) is 7.80. The molecule has 0 aliphatic carbocycles. The van der Waals surface area contributed by atoms with Crippen molar-refractivity contribution < 1.29 is 19.1 Å².